The minimum Gasteiger partial charge on any atom is -0.381 e. The predicted molar refractivity (Wildman–Crippen MR) is 64.2 cm³/mol. The highest BCUT2D eigenvalue weighted by Crippen LogP contribution is 2.15. The molecule has 0 aromatic carbocycles. The third-order valence-corrected chi connectivity index (χ3v) is 3.14. The maximum Gasteiger partial charge on any atom is 0.0595 e. The van der Waals surface area contributed by atoms with Crippen LogP contribution in [0.15, 0.2) is 0 Å². The topological polar surface area (TPSA) is 24.5 Å². The molecule has 1 N–H and O–H groups in total. The largest absolute Gasteiger partial charge is 0.381 e. The van der Waals surface area contributed by atoms with E-state index in [0.29, 0.717) is 6.10 Å². The molecule has 1 fully saturated rings. The van der Waals surface area contributed by atoms with Crippen LogP contribution in [0.2, 0.25) is 0 Å². The molecule has 3 nitrogen and oxygen atoms in total. The fourth-order valence-corrected chi connectivity index (χ4v) is 2.40. The zero-order chi connectivity index (χ0) is 11.3. The van der Waals surface area contributed by atoms with Gasteiger partial charge in [-0.1, -0.05) is 6.92 Å². The van der Waals surface area contributed by atoms with Crippen molar-refractivity contribution in [3.63, 3.8) is 0 Å². The van der Waals surface area contributed by atoms with Crippen LogP contribution < -0.4 is 5.32 Å². The second kappa shape index (κ2) is 5.83. The molecule has 0 unspecified atom stereocenters. The highest BCUT2D eigenvalue weighted by atomic mass is 16.5. The van der Waals surface area contributed by atoms with Crippen molar-refractivity contribution in [1.82, 2.24) is 10.2 Å². The molecule has 0 aromatic heterocycles. The molecule has 1 aliphatic rings. The summed E-state index contributed by atoms with van der Waals surface area (Å²) in [5, 5.41) is 3.52. The fourth-order valence-electron chi connectivity index (χ4n) is 2.40. The van der Waals surface area contributed by atoms with Crippen LogP contribution in [0.25, 0.3) is 0 Å². The van der Waals surface area contributed by atoms with Crippen molar-refractivity contribution in [2.75, 3.05) is 33.3 Å². The molecule has 3 heteroatoms. The number of hydrogen-bond donors (Lipinski definition) is 1. The van der Waals surface area contributed by atoms with E-state index in [1.165, 1.54) is 25.9 Å². The van der Waals surface area contributed by atoms with Crippen molar-refractivity contribution in [2.45, 2.75) is 45.3 Å². The van der Waals surface area contributed by atoms with Gasteiger partial charge >= 0.3 is 0 Å². The Labute approximate surface area is 94.2 Å². The molecule has 15 heavy (non-hydrogen) atoms. The maximum absolute atomic E-state index is 5.37. The lowest BCUT2D eigenvalue weighted by Crippen LogP contribution is -2.51. The van der Waals surface area contributed by atoms with E-state index in [0.717, 1.165) is 13.1 Å². The van der Waals surface area contributed by atoms with Gasteiger partial charge in [0.05, 0.1) is 6.10 Å². The molecule has 1 saturated heterocycles. The highest BCUT2D eigenvalue weighted by molar-refractivity contribution is 4.83. The van der Waals surface area contributed by atoms with Crippen LogP contribution in [0, 0.1) is 0 Å². The van der Waals surface area contributed by atoms with Gasteiger partial charge in [-0.2, -0.15) is 0 Å². The van der Waals surface area contributed by atoms with Gasteiger partial charge in [-0.3, -0.25) is 0 Å². The molecule has 90 valence electrons. The van der Waals surface area contributed by atoms with Gasteiger partial charge in [0.2, 0.25) is 0 Å². The lowest BCUT2D eigenvalue weighted by Gasteiger charge is -2.37. The summed E-state index contributed by atoms with van der Waals surface area (Å²) in [5.74, 6) is 0. The molecule has 0 saturated carbocycles. The summed E-state index contributed by atoms with van der Waals surface area (Å²) in [7, 11) is 1.82. The average Bonchev–Trinajstić information content (AvgIpc) is 2.18. The van der Waals surface area contributed by atoms with Crippen molar-refractivity contribution < 1.29 is 4.74 Å². The monoisotopic (exact) mass is 214 g/mol. The van der Waals surface area contributed by atoms with E-state index < -0.39 is 0 Å². The second-order valence-corrected chi connectivity index (χ2v) is 5.13. The maximum atomic E-state index is 5.37. The first-order valence-electron chi connectivity index (χ1n) is 6.07. The summed E-state index contributed by atoms with van der Waals surface area (Å²) >= 11 is 0. The second-order valence-electron chi connectivity index (χ2n) is 5.13. The number of rotatable bonds is 5. The molecule has 0 amide bonds. The number of ether oxygens (including phenoxy) is 1. The number of likely N-dealkylation sites (N-methyl/N-ethyl adjacent to an activating group) is 1. The Hall–Kier alpha value is -0.120. The van der Waals surface area contributed by atoms with Gasteiger partial charge < -0.3 is 15.0 Å². The van der Waals surface area contributed by atoms with Crippen LogP contribution in [0.5, 0.6) is 0 Å². The lowest BCUT2D eigenvalue weighted by molar-refractivity contribution is 0.0341. The normalized spacial score (nSPS) is 20.8. The van der Waals surface area contributed by atoms with Crippen molar-refractivity contribution in [2.24, 2.45) is 0 Å². The number of hydrogen-bond acceptors (Lipinski definition) is 3. The Kier molecular flexibility index (Phi) is 5.03. The van der Waals surface area contributed by atoms with Crippen molar-refractivity contribution in [3.05, 3.63) is 0 Å². The van der Waals surface area contributed by atoms with Crippen LogP contribution in [0.1, 0.15) is 33.6 Å². The number of nitrogens with zero attached hydrogens (tertiary/aromatic N) is 1. The van der Waals surface area contributed by atoms with Crippen molar-refractivity contribution in [3.8, 4) is 0 Å². The SMILES string of the molecule is CCNC(C)(C)CN1CCC(OC)CC1. The van der Waals surface area contributed by atoms with Gasteiger partial charge in [-0.15, -0.1) is 0 Å². The Bertz CT molecular complexity index is 174. The zero-order valence-electron chi connectivity index (χ0n) is 10.7. The van der Waals surface area contributed by atoms with E-state index >= 15 is 0 Å². The minimum atomic E-state index is 0.231. The molecule has 1 rings (SSSR count). The Morgan fingerprint density at radius 1 is 1.33 bits per heavy atom. The standard InChI is InChI=1S/C12H26N2O/c1-5-13-12(2,3)10-14-8-6-11(15-4)7-9-14/h11,13H,5-10H2,1-4H3. The summed E-state index contributed by atoms with van der Waals surface area (Å²) < 4.78 is 5.37. The third-order valence-electron chi connectivity index (χ3n) is 3.14. The first-order valence-corrected chi connectivity index (χ1v) is 6.07. The quantitative estimate of drug-likeness (QED) is 0.750. The molecule has 1 heterocycles. The molecular weight excluding hydrogens is 188 g/mol. The molecule has 0 spiro atoms. The summed E-state index contributed by atoms with van der Waals surface area (Å²) in [4.78, 5) is 2.54. The zero-order valence-corrected chi connectivity index (χ0v) is 10.7. The Morgan fingerprint density at radius 3 is 2.40 bits per heavy atom. The number of likely N-dealkylation sites (tertiary alicyclic amines) is 1. The van der Waals surface area contributed by atoms with Gasteiger partial charge in [0.1, 0.15) is 0 Å². The van der Waals surface area contributed by atoms with E-state index in [4.69, 9.17) is 4.74 Å². The van der Waals surface area contributed by atoms with Gasteiger partial charge in [0, 0.05) is 32.3 Å². The minimum absolute atomic E-state index is 0.231. The summed E-state index contributed by atoms with van der Waals surface area (Å²) in [6, 6.07) is 0. The number of piperidine rings is 1. The van der Waals surface area contributed by atoms with Gasteiger partial charge in [-0.05, 0) is 33.2 Å². The molecule has 0 aromatic rings. The van der Waals surface area contributed by atoms with Crippen LogP contribution >= 0.6 is 0 Å². The number of methoxy groups -OCH3 is 1. The molecule has 0 atom stereocenters. The van der Waals surface area contributed by atoms with E-state index in [1.54, 1.807) is 0 Å². The molecule has 1 aliphatic heterocycles. The van der Waals surface area contributed by atoms with Crippen LogP contribution in [-0.4, -0.2) is 49.8 Å². The summed E-state index contributed by atoms with van der Waals surface area (Å²) in [6.45, 7) is 11.2. The first kappa shape index (κ1) is 12.9. The van der Waals surface area contributed by atoms with Crippen LogP contribution in [-0.2, 0) is 4.74 Å². The van der Waals surface area contributed by atoms with Crippen LogP contribution in [0.4, 0.5) is 0 Å². The van der Waals surface area contributed by atoms with Crippen molar-refractivity contribution in [1.29, 1.82) is 0 Å². The Morgan fingerprint density at radius 2 is 1.93 bits per heavy atom. The third kappa shape index (κ3) is 4.49. The average molecular weight is 214 g/mol. The van der Waals surface area contributed by atoms with E-state index in [1.807, 2.05) is 7.11 Å². The highest BCUT2D eigenvalue weighted by Gasteiger charge is 2.24. The lowest BCUT2D eigenvalue weighted by atomic mass is 10.0. The first-order chi connectivity index (χ1) is 7.07. The van der Waals surface area contributed by atoms with Crippen LogP contribution in [0.3, 0.4) is 0 Å². The van der Waals surface area contributed by atoms with E-state index in [9.17, 15) is 0 Å². The summed E-state index contributed by atoms with van der Waals surface area (Å²) in [6.07, 6.45) is 2.85. The van der Waals surface area contributed by atoms with E-state index in [-0.39, 0.29) is 5.54 Å². The van der Waals surface area contributed by atoms with Gasteiger partial charge in [0.25, 0.3) is 0 Å². The molecular formula is C12H26N2O. The smallest absolute Gasteiger partial charge is 0.0595 e. The predicted octanol–water partition coefficient (Wildman–Crippen LogP) is 1.49. The fraction of sp³-hybridized carbons (Fsp3) is 1.00. The van der Waals surface area contributed by atoms with Gasteiger partial charge in [0.15, 0.2) is 0 Å². The molecule has 0 bridgehead atoms. The van der Waals surface area contributed by atoms with E-state index in [2.05, 4.69) is 31.0 Å². The molecule has 0 aliphatic carbocycles. The van der Waals surface area contributed by atoms with Crippen molar-refractivity contribution >= 4 is 0 Å². The number of nitrogens with one attached hydrogen (secondary N) is 1. The Balaban J connectivity index is 2.28. The molecule has 0 radical (unpaired) electrons. The summed E-state index contributed by atoms with van der Waals surface area (Å²) in [5.41, 5.74) is 0.231. The van der Waals surface area contributed by atoms with Gasteiger partial charge in [-0.25, -0.2) is 0 Å².